The van der Waals surface area contributed by atoms with E-state index in [9.17, 15) is 8.78 Å². The third kappa shape index (κ3) is 2.21. The van der Waals surface area contributed by atoms with Gasteiger partial charge in [0.1, 0.15) is 0 Å². The Bertz CT molecular complexity index is 361. The zero-order valence-electron chi connectivity index (χ0n) is 7.77. The van der Waals surface area contributed by atoms with Crippen molar-refractivity contribution in [3.8, 4) is 0 Å². The summed E-state index contributed by atoms with van der Waals surface area (Å²) in [6, 6.07) is 3.70. The molecule has 2 nitrogen and oxygen atoms in total. The number of rotatable bonds is 2. The van der Waals surface area contributed by atoms with Gasteiger partial charge in [-0.15, -0.1) is 0 Å². The molecule has 1 aliphatic heterocycles. The Morgan fingerprint density at radius 1 is 1.40 bits per heavy atom. The van der Waals surface area contributed by atoms with Crippen LogP contribution in [0.3, 0.4) is 0 Å². The molecule has 1 unspecified atom stereocenters. The predicted molar refractivity (Wildman–Crippen MR) is 53.4 cm³/mol. The summed E-state index contributed by atoms with van der Waals surface area (Å²) >= 11 is 5.74. The first-order valence-electron chi connectivity index (χ1n) is 4.54. The molecule has 1 heterocycles. The van der Waals surface area contributed by atoms with Crippen LogP contribution in [0.2, 0.25) is 0 Å². The van der Waals surface area contributed by atoms with Crippen molar-refractivity contribution >= 4 is 17.3 Å². The molecule has 0 spiro atoms. The highest BCUT2D eigenvalue weighted by molar-refractivity contribution is 6.26. The Balaban J connectivity index is 2.13. The van der Waals surface area contributed by atoms with E-state index >= 15 is 0 Å². The van der Waals surface area contributed by atoms with Gasteiger partial charge in [0, 0.05) is 0 Å². The van der Waals surface area contributed by atoms with Crippen LogP contribution in [0.1, 0.15) is 6.42 Å². The summed E-state index contributed by atoms with van der Waals surface area (Å²) in [5.74, 6) is -1.77. The zero-order chi connectivity index (χ0) is 10.8. The van der Waals surface area contributed by atoms with Crippen molar-refractivity contribution in [2.75, 3.05) is 11.9 Å². The molecular formula is C10H9ClF2NO. The normalized spacial score (nSPS) is 21.9. The first-order chi connectivity index (χ1) is 7.18. The van der Waals surface area contributed by atoms with Gasteiger partial charge in [-0.2, -0.15) is 0 Å². The van der Waals surface area contributed by atoms with Crippen LogP contribution in [0.25, 0.3) is 0 Å². The lowest BCUT2D eigenvalue weighted by Crippen LogP contribution is -2.20. The van der Waals surface area contributed by atoms with Gasteiger partial charge in [0.25, 0.3) is 0 Å². The summed E-state index contributed by atoms with van der Waals surface area (Å²) in [5.41, 5.74) is 0.391. The molecule has 0 aliphatic carbocycles. The van der Waals surface area contributed by atoms with Crippen molar-refractivity contribution in [1.29, 1.82) is 0 Å². The molecule has 1 saturated heterocycles. The average molecular weight is 233 g/mol. The lowest BCUT2D eigenvalue weighted by atomic mass is 10.2. The molecule has 1 atom stereocenters. The van der Waals surface area contributed by atoms with Crippen LogP contribution in [-0.2, 0) is 4.74 Å². The topological polar surface area (TPSA) is 21.3 Å². The van der Waals surface area contributed by atoms with Crippen LogP contribution in [0.5, 0.6) is 0 Å². The Morgan fingerprint density at radius 3 is 2.87 bits per heavy atom. The Morgan fingerprint density at radius 2 is 2.20 bits per heavy atom. The second-order valence-electron chi connectivity index (χ2n) is 3.24. The third-order valence-electron chi connectivity index (χ3n) is 2.20. The molecule has 1 aromatic rings. The largest absolute Gasteiger partial charge is 0.375 e. The molecule has 1 aliphatic rings. The summed E-state index contributed by atoms with van der Waals surface area (Å²) in [4.78, 5) is 0. The maximum atomic E-state index is 13.3. The molecule has 5 heteroatoms. The monoisotopic (exact) mass is 232 g/mol. The number of hydrogen-bond acceptors (Lipinski definition) is 2. The molecule has 0 aromatic heterocycles. The SMILES string of the molecule is Fc1cccc(NC2CCO[C]2Cl)c1F. The van der Waals surface area contributed by atoms with Crippen molar-refractivity contribution in [1.82, 2.24) is 0 Å². The number of benzene rings is 1. The fourth-order valence-electron chi connectivity index (χ4n) is 1.42. The van der Waals surface area contributed by atoms with E-state index in [0.29, 0.717) is 18.6 Å². The van der Waals surface area contributed by atoms with E-state index in [1.54, 1.807) is 0 Å². The molecule has 0 saturated carbocycles. The van der Waals surface area contributed by atoms with E-state index in [0.717, 1.165) is 6.07 Å². The minimum Gasteiger partial charge on any atom is -0.375 e. The van der Waals surface area contributed by atoms with Crippen LogP contribution in [-0.4, -0.2) is 12.6 Å². The molecule has 1 fully saturated rings. The highest BCUT2D eigenvalue weighted by atomic mass is 35.5. The van der Waals surface area contributed by atoms with Gasteiger partial charge in [0.2, 0.25) is 5.56 Å². The van der Waals surface area contributed by atoms with E-state index in [4.69, 9.17) is 16.3 Å². The number of anilines is 1. The van der Waals surface area contributed by atoms with E-state index in [2.05, 4.69) is 5.32 Å². The summed E-state index contributed by atoms with van der Waals surface area (Å²) < 4.78 is 31.1. The van der Waals surface area contributed by atoms with Gasteiger partial charge in [0.05, 0.1) is 18.3 Å². The molecule has 81 valence electrons. The van der Waals surface area contributed by atoms with E-state index in [1.165, 1.54) is 12.1 Å². The fraction of sp³-hybridized carbons (Fsp3) is 0.300. The summed E-state index contributed by atoms with van der Waals surface area (Å²) in [7, 11) is 0. The summed E-state index contributed by atoms with van der Waals surface area (Å²) in [6.45, 7) is 0.493. The molecule has 15 heavy (non-hydrogen) atoms. The molecule has 0 amide bonds. The van der Waals surface area contributed by atoms with Crippen molar-refractivity contribution < 1.29 is 13.5 Å². The van der Waals surface area contributed by atoms with Crippen molar-refractivity contribution in [2.24, 2.45) is 0 Å². The number of hydrogen-bond donors (Lipinski definition) is 1. The quantitative estimate of drug-likeness (QED) is 0.847. The lowest BCUT2D eigenvalue weighted by molar-refractivity contribution is 0.235. The van der Waals surface area contributed by atoms with E-state index in [-0.39, 0.29) is 11.7 Å². The summed E-state index contributed by atoms with van der Waals surface area (Å²) in [5, 5.41) is 2.79. The first-order valence-corrected chi connectivity index (χ1v) is 4.92. The second kappa shape index (κ2) is 4.33. The van der Waals surface area contributed by atoms with Crippen molar-refractivity contribution in [2.45, 2.75) is 12.5 Å². The molecule has 1 radical (unpaired) electrons. The number of halogens is 3. The Labute approximate surface area is 91.2 Å². The molecule has 1 aromatic carbocycles. The highest BCUT2D eigenvalue weighted by Gasteiger charge is 2.28. The first kappa shape index (κ1) is 10.6. The van der Waals surface area contributed by atoms with Gasteiger partial charge >= 0.3 is 0 Å². The predicted octanol–water partition coefficient (Wildman–Crippen LogP) is 2.89. The van der Waals surface area contributed by atoms with Crippen molar-refractivity contribution in [3.05, 3.63) is 35.4 Å². The fourth-order valence-corrected chi connectivity index (χ4v) is 1.66. The van der Waals surface area contributed by atoms with E-state index < -0.39 is 11.6 Å². The number of nitrogens with one attached hydrogen (secondary N) is 1. The third-order valence-corrected chi connectivity index (χ3v) is 2.57. The van der Waals surface area contributed by atoms with Crippen LogP contribution >= 0.6 is 11.6 Å². The molecule has 2 rings (SSSR count). The Kier molecular flexibility index (Phi) is 3.07. The average Bonchev–Trinajstić information content (AvgIpc) is 2.60. The second-order valence-corrected chi connectivity index (χ2v) is 3.61. The lowest BCUT2D eigenvalue weighted by Gasteiger charge is -2.15. The van der Waals surface area contributed by atoms with Gasteiger partial charge in [-0.3, -0.25) is 0 Å². The maximum absolute atomic E-state index is 13.3. The van der Waals surface area contributed by atoms with Crippen LogP contribution < -0.4 is 5.32 Å². The van der Waals surface area contributed by atoms with Gasteiger partial charge in [-0.1, -0.05) is 17.7 Å². The Hall–Kier alpha value is -0.870. The minimum atomic E-state index is -0.895. The van der Waals surface area contributed by atoms with Gasteiger partial charge in [0.15, 0.2) is 11.6 Å². The van der Waals surface area contributed by atoms with Gasteiger partial charge < -0.3 is 10.1 Å². The molecule has 0 bridgehead atoms. The van der Waals surface area contributed by atoms with Crippen LogP contribution in [0.4, 0.5) is 14.5 Å². The van der Waals surface area contributed by atoms with Gasteiger partial charge in [-0.05, 0) is 18.6 Å². The smallest absolute Gasteiger partial charge is 0.206 e. The molecule has 1 N–H and O–H groups in total. The van der Waals surface area contributed by atoms with E-state index in [1.807, 2.05) is 0 Å². The highest BCUT2D eigenvalue weighted by Crippen LogP contribution is 2.28. The summed E-state index contributed by atoms with van der Waals surface area (Å²) in [6.07, 6.45) is 0.648. The van der Waals surface area contributed by atoms with Gasteiger partial charge in [-0.25, -0.2) is 8.78 Å². The van der Waals surface area contributed by atoms with Crippen LogP contribution in [0.15, 0.2) is 18.2 Å². The van der Waals surface area contributed by atoms with Crippen LogP contribution in [0, 0.1) is 17.2 Å². The maximum Gasteiger partial charge on any atom is 0.206 e. The zero-order valence-corrected chi connectivity index (χ0v) is 8.52. The standard InChI is InChI=1S/C10H9ClF2NO/c11-10-8(4-5-15-10)14-7-3-1-2-6(12)9(7)13/h1-3,8,14H,4-5H2. The molecular weight excluding hydrogens is 224 g/mol. The minimum absolute atomic E-state index is 0.101. The van der Waals surface area contributed by atoms with Crippen molar-refractivity contribution in [3.63, 3.8) is 0 Å². The number of ether oxygens (including phenoxy) is 1.